The number of fused-ring (bicyclic) bond motifs is 1. The van der Waals surface area contributed by atoms with Gasteiger partial charge in [0.05, 0.1) is 16.9 Å². The second kappa shape index (κ2) is 7.72. The Labute approximate surface area is 181 Å². The molecule has 0 unspecified atom stereocenters. The summed E-state index contributed by atoms with van der Waals surface area (Å²) in [6, 6.07) is 10.5. The first-order valence-corrected chi connectivity index (χ1v) is 9.76. The summed E-state index contributed by atoms with van der Waals surface area (Å²) in [5.41, 5.74) is -1.37. The van der Waals surface area contributed by atoms with Gasteiger partial charge in [0.1, 0.15) is 0 Å². The van der Waals surface area contributed by atoms with Crippen LogP contribution < -0.4 is 11.0 Å². The van der Waals surface area contributed by atoms with E-state index >= 15 is 0 Å². The van der Waals surface area contributed by atoms with E-state index in [2.05, 4.69) is 5.10 Å². The SMILES string of the molecule is CC1(C)OB(O)c2cc(CC(=O)c3ccc(-n4ncccc4=O)cc3C(F)(F)F)ccc21. The second-order valence-electron chi connectivity index (χ2n) is 8.00. The van der Waals surface area contributed by atoms with Crippen LogP contribution in [-0.4, -0.2) is 27.7 Å². The number of halogens is 3. The fourth-order valence-corrected chi connectivity index (χ4v) is 3.86. The lowest BCUT2D eigenvalue weighted by molar-refractivity contribution is -0.137. The van der Waals surface area contributed by atoms with Gasteiger partial charge in [-0.05, 0) is 54.7 Å². The van der Waals surface area contributed by atoms with Crippen molar-refractivity contribution in [2.24, 2.45) is 0 Å². The van der Waals surface area contributed by atoms with Crippen molar-refractivity contribution >= 4 is 18.4 Å². The maximum Gasteiger partial charge on any atom is 0.492 e. The van der Waals surface area contributed by atoms with Crippen LogP contribution in [0.2, 0.25) is 0 Å². The Kier molecular flexibility index (Phi) is 5.30. The van der Waals surface area contributed by atoms with E-state index in [9.17, 15) is 27.8 Å². The molecule has 164 valence electrons. The number of Topliss-reactive ketones (excluding diaryl/α,β-unsaturated/α-hetero) is 1. The predicted molar refractivity (Wildman–Crippen MR) is 111 cm³/mol. The minimum atomic E-state index is -4.81. The molecule has 0 atom stereocenters. The number of benzene rings is 2. The van der Waals surface area contributed by atoms with Crippen molar-refractivity contribution in [2.45, 2.75) is 32.0 Å². The first-order valence-electron chi connectivity index (χ1n) is 9.76. The molecule has 32 heavy (non-hydrogen) atoms. The zero-order valence-electron chi connectivity index (χ0n) is 17.2. The van der Waals surface area contributed by atoms with Crippen LogP contribution in [0.3, 0.4) is 0 Å². The van der Waals surface area contributed by atoms with E-state index in [-0.39, 0.29) is 12.1 Å². The molecule has 1 aliphatic heterocycles. The number of aromatic nitrogens is 2. The van der Waals surface area contributed by atoms with E-state index in [1.807, 2.05) is 0 Å². The topological polar surface area (TPSA) is 81.4 Å². The van der Waals surface area contributed by atoms with Crippen LogP contribution in [0.4, 0.5) is 13.2 Å². The summed E-state index contributed by atoms with van der Waals surface area (Å²) in [4.78, 5) is 24.8. The van der Waals surface area contributed by atoms with E-state index in [1.165, 1.54) is 24.4 Å². The Morgan fingerprint density at radius 3 is 2.62 bits per heavy atom. The fourth-order valence-electron chi connectivity index (χ4n) is 3.86. The van der Waals surface area contributed by atoms with Gasteiger partial charge in [-0.3, -0.25) is 9.59 Å². The van der Waals surface area contributed by atoms with Crippen molar-refractivity contribution in [1.29, 1.82) is 0 Å². The van der Waals surface area contributed by atoms with Crippen LogP contribution in [0.1, 0.15) is 40.9 Å². The fraction of sp³-hybridized carbons (Fsp3) is 0.227. The van der Waals surface area contributed by atoms with Gasteiger partial charge in [0.25, 0.3) is 5.56 Å². The molecule has 10 heteroatoms. The zero-order chi connectivity index (χ0) is 23.3. The van der Waals surface area contributed by atoms with Gasteiger partial charge in [0.2, 0.25) is 0 Å². The van der Waals surface area contributed by atoms with Crippen molar-refractivity contribution in [3.8, 4) is 5.69 Å². The molecular weight excluding hydrogens is 424 g/mol. The largest absolute Gasteiger partial charge is 0.492 e. The van der Waals surface area contributed by atoms with Gasteiger partial charge in [-0.2, -0.15) is 23.0 Å². The highest BCUT2D eigenvalue weighted by molar-refractivity contribution is 6.62. The summed E-state index contributed by atoms with van der Waals surface area (Å²) >= 11 is 0. The number of rotatable bonds is 4. The van der Waals surface area contributed by atoms with Crippen LogP contribution in [-0.2, 0) is 22.9 Å². The number of hydrogen-bond donors (Lipinski definition) is 1. The van der Waals surface area contributed by atoms with Crippen molar-refractivity contribution in [1.82, 2.24) is 9.78 Å². The first-order chi connectivity index (χ1) is 15.0. The lowest BCUT2D eigenvalue weighted by atomic mass is 9.77. The summed E-state index contributed by atoms with van der Waals surface area (Å²) < 4.78 is 47.6. The van der Waals surface area contributed by atoms with Gasteiger partial charge in [0, 0.05) is 24.2 Å². The zero-order valence-corrected chi connectivity index (χ0v) is 17.2. The maximum atomic E-state index is 13.8. The van der Waals surface area contributed by atoms with Crippen molar-refractivity contribution in [3.05, 3.63) is 87.3 Å². The Balaban J connectivity index is 1.69. The average Bonchev–Trinajstić information content (AvgIpc) is 2.95. The molecule has 0 bridgehead atoms. The lowest BCUT2D eigenvalue weighted by Gasteiger charge is -2.19. The molecule has 3 aromatic rings. The smallest absolute Gasteiger partial charge is 0.423 e. The second-order valence-corrected chi connectivity index (χ2v) is 8.00. The predicted octanol–water partition coefficient (Wildman–Crippen LogP) is 2.63. The van der Waals surface area contributed by atoms with Gasteiger partial charge >= 0.3 is 13.3 Å². The third-order valence-electron chi connectivity index (χ3n) is 5.37. The van der Waals surface area contributed by atoms with E-state index < -0.39 is 41.4 Å². The molecule has 0 saturated heterocycles. The molecule has 6 nitrogen and oxygen atoms in total. The van der Waals surface area contributed by atoms with Crippen LogP contribution in [0.5, 0.6) is 0 Å². The molecule has 0 radical (unpaired) electrons. The molecule has 2 heterocycles. The van der Waals surface area contributed by atoms with Gasteiger partial charge in [-0.15, -0.1) is 0 Å². The quantitative estimate of drug-likeness (QED) is 0.497. The third-order valence-corrected chi connectivity index (χ3v) is 5.37. The number of carbonyl (C=O) groups is 1. The average molecular weight is 442 g/mol. The van der Waals surface area contributed by atoms with Crippen LogP contribution in [0, 0.1) is 0 Å². The monoisotopic (exact) mass is 442 g/mol. The molecule has 1 N–H and O–H groups in total. The Hall–Kier alpha value is -3.24. The summed E-state index contributed by atoms with van der Waals surface area (Å²) in [7, 11) is -1.17. The molecule has 4 rings (SSSR count). The van der Waals surface area contributed by atoms with Gasteiger partial charge in [-0.1, -0.05) is 18.2 Å². The lowest BCUT2D eigenvalue weighted by Crippen LogP contribution is -2.29. The molecule has 1 aliphatic rings. The molecule has 0 spiro atoms. The van der Waals surface area contributed by atoms with Crippen molar-refractivity contribution < 1.29 is 27.6 Å². The number of ketones is 1. The summed E-state index contributed by atoms with van der Waals surface area (Å²) in [5, 5.41) is 13.9. The van der Waals surface area contributed by atoms with E-state index in [0.717, 1.165) is 22.4 Å². The van der Waals surface area contributed by atoms with Crippen molar-refractivity contribution in [3.63, 3.8) is 0 Å². The van der Waals surface area contributed by atoms with Crippen LogP contribution in [0.15, 0.2) is 59.5 Å². The minimum absolute atomic E-state index is 0.0977. The normalized spacial score (nSPS) is 15.0. The van der Waals surface area contributed by atoms with Crippen LogP contribution in [0.25, 0.3) is 5.69 Å². The molecular formula is C22H18BF3N2O4. The summed E-state index contributed by atoms with van der Waals surface area (Å²) in [5.74, 6) is -0.746. The number of alkyl halides is 3. The van der Waals surface area contributed by atoms with Crippen LogP contribution >= 0.6 is 0 Å². The van der Waals surface area contributed by atoms with E-state index in [4.69, 9.17) is 4.65 Å². The molecule has 0 aliphatic carbocycles. The molecule has 0 amide bonds. The Bertz CT molecular complexity index is 1270. The maximum absolute atomic E-state index is 13.8. The van der Waals surface area contributed by atoms with Gasteiger partial charge in [0.15, 0.2) is 5.78 Å². The third kappa shape index (κ3) is 3.99. The standard InChI is InChI=1S/C22H18BF3N2O4/c1-21(2)16-8-5-13(10-18(16)23(31)32-21)11-19(29)15-7-6-14(12-17(15)22(24,25)26)28-20(30)4-3-9-27-28/h3-10,12,31H,11H2,1-2H3. The van der Waals surface area contributed by atoms with Gasteiger partial charge in [-0.25, -0.2) is 0 Å². The van der Waals surface area contributed by atoms with Gasteiger partial charge < -0.3 is 9.68 Å². The Morgan fingerprint density at radius 1 is 1.19 bits per heavy atom. The van der Waals surface area contributed by atoms with Crippen molar-refractivity contribution in [2.75, 3.05) is 0 Å². The highest BCUT2D eigenvalue weighted by Crippen LogP contribution is 2.34. The molecule has 0 saturated carbocycles. The minimum Gasteiger partial charge on any atom is -0.423 e. The molecule has 1 aromatic heterocycles. The van der Waals surface area contributed by atoms with E-state index in [1.54, 1.807) is 32.0 Å². The van der Waals surface area contributed by atoms with E-state index in [0.29, 0.717) is 11.0 Å². The Morgan fingerprint density at radius 2 is 1.94 bits per heavy atom. The highest BCUT2D eigenvalue weighted by atomic mass is 19.4. The summed E-state index contributed by atoms with van der Waals surface area (Å²) in [6.45, 7) is 3.58. The molecule has 0 fully saturated rings. The number of hydrogen-bond acceptors (Lipinski definition) is 5. The first kappa shape index (κ1) is 22.0. The number of nitrogens with zero attached hydrogens (tertiary/aromatic N) is 2. The summed E-state index contributed by atoms with van der Waals surface area (Å²) in [6.07, 6.45) is -3.83. The number of carbonyl (C=O) groups excluding carboxylic acids is 1. The molecule has 2 aromatic carbocycles. The highest BCUT2D eigenvalue weighted by Gasteiger charge is 2.41.